The van der Waals surface area contributed by atoms with Gasteiger partial charge in [-0.15, -0.1) is 0 Å². The van der Waals surface area contributed by atoms with E-state index in [1.54, 1.807) is 6.92 Å². The van der Waals surface area contributed by atoms with E-state index in [1.165, 1.54) is 0 Å². The molecule has 5 amide bonds. The Balaban J connectivity index is 2.24. The fraction of sp³-hybridized carbons (Fsp3) is 0.692. The number of rotatable bonds is 22. The molecule has 0 aliphatic heterocycles. The van der Waals surface area contributed by atoms with Crippen molar-refractivity contribution in [3.63, 3.8) is 0 Å². The topological polar surface area (TPSA) is 198 Å². The van der Waals surface area contributed by atoms with Crippen LogP contribution < -0.4 is 32.3 Å². The lowest BCUT2D eigenvalue weighted by Crippen LogP contribution is -2.60. The Morgan fingerprint density at radius 2 is 1.37 bits per heavy atom. The zero-order chi connectivity index (χ0) is 39.2. The summed E-state index contributed by atoms with van der Waals surface area (Å²) in [6, 6.07) is 5.13. The van der Waals surface area contributed by atoms with Gasteiger partial charge in [0.1, 0.15) is 23.7 Å². The van der Waals surface area contributed by atoms with Gasteiger partial charge in [0.15, 0.2) is 0 Å². The third-order valence-electron chi connectivity index (χ3n) is 9.35. The van der Waals surface area contributed by atoms with Crippen LogP contribution in [0.15, 0.2) is 30.3 Å². The van der Waals surface area contributed by atoms with Gasteiger partial charge < -0.3 is 37.1 Å². The smallest absolute Gasteiger partial charge is 0.331 e. The molecule has 1 aromatic carbocycles. The van der Waals surface area contributed by atoms with Crippen LogP contribution in [0.5, 0.6) is 0 Å². The molecule has 1 aliphatic carbocycles. The number of ether oxygens (including phenoxy) is 1. The number of hydrogen-bond acceptors (Lipinski definition) is 8. The summed E-state index contributed by atoms with van der Waals surface area (Å²) in [4.78, 5) is 79.4. The Hall–Kier alpha value is -4.00. The quantitative estimate of drug-likeness (QED) is 0.0980. The minimum Gasteiger partial charge on any atom is -0.464 e. The van der Waals surface area contributed by atoms with Crippen molar-refractivity contribution in [2.24, 2.45) is 29.4 Å². The van der Waals surface area contributed by atoms with Crippen LogP contribution in [0, 0.1) is 23.7 Å². The normalized spacial score (nSPS) is 16.9. The number of benzene rings is 1. The highest BCUT2D eigenvalue weighted by atomic mass is 16.5. The number of carbonyl (C=O) groups excluding carboxylic acids is 6. The summed E-state index contributed by atoms with van der Waals surface area (Å²) < 4.78 is 5.15. The van der Waals surface area contributed by atoms with Crippen LogP contribution in [0.25, 0.3) is 0 Å². The van der Waals surface area contributed by atoms with Crippen molar-refractivity contribution in [1.82, 2.24) is 26.6 Å². The van der Waals surface area contributed by atoms with Crippen molar-refractivity contribution >= 4 is 35.5 Å². The van der Waals surface area contributed by atoms with E-state index in [2.05, 4.69) is 26.6 Å². The predicted molar refractivity (Wildman–Crippen MR) is 200 cm³/mol. The fourth-order valence-electron chi connectivity index (χ4n) is 5.94. The highest BCUT2D eigenvalue weighted by Gasteiger charge is 2.53. The van der Waals surface area contributed by atoms with Gasteiger partial charge in [0.05, 0.1) is 6.61 Å². The van der Waals surface area contributed by atoms with Crippen LogP contribution in [-0.2, 0) is 39.9 Å². The van der Waals surface area contributed by atoms with Gasteiger partial charge in [-0.1, -0.05) is 92.1 Å². The fourth-order valence-corrected chi connectivity index (χ4v) is 5.94. The molecular weight excluding hydrogens is 664 g/mol. The number of nitrogens with two attached hydrogens (primary N) is 1. The number of carbonyl (C=O) groups is 6. The Morgan fingerprint density at radius 3 is 1.88 bits per heavy atom. The van der Waals surface area contributed by atoms with Crippen molar-refractivity contribution in [1.29, 1.82) is 0 Å². The maximum atomic E-state index is 13.9. The van der Waals surface area contributed by atoms with Gasteiger partial charge in [0.25, 0.3) is 0 Å². The van der Waals surface area contributed by atoms with E-state index < -0.39 is 65.3 Å². The number of hydrogen-bond donors (Lipinski definition) is 6. The molecule has 1 aliphatic rings. The molecule has 1 saturated carbocycles. The molecule has 0 aromatic heterocycles. The second kappa shape index (κ2) is 20.9. The Morgan fingerprint density at radius 1 is 0.750 bits per heavy atom. The van der Waals surface area contributed by atoms with Crippen LogP contribution in [-0.4, -0.2) is 77.9 Å². The highest BCUT2D eigenvalue weighted by molar-refractivity contribution is 5.95. The van der Waals surface area contributed by atoms with Crippen molar-refractivity contribution < 1.29 is 33.5 Å². The van der Waals surface area contributed by atoms with E-state index in [9.17, 15) is 28.8 Å². The van der Waals surface area contributed by atoms with Crippen LogP contribution in [0.4, 0.5) is 0 Å². The van der Waals surface area contributed by atoms with Crippen LogP contribution >= 0.6 is 0 Å². The summed E-state index contributed by atoms with van der Waals surface area (Å²) >= 11 is 0. The third-order valence-corrected chi connectivity index (χ3v) is 9.35. The van der Waals surface area contributed by atoms with E-state index >= 15 is 0 Å². The molecule has 7 N–H and O–H groups in total. The molecule has 6 atom stereocenters. The lowest BCUT2D eigenvalue weighted by atomic mass is 9.94. The first-order chi connectivity index (χ1) is 24.4. The number of amides is 5. The molecule has 1 unspecified atom stereocenters. The average molecular weight is 729 g/mol. The van der Waals surface area contributed by atoms with Crippen molar-refractivity contribution in [2.75, 3.05) is 6.61 Å². The zero-order valence-corrected chi connectivity index (χ0v) is 32.7. The average Bonchev–Trinajstić information content (AvgIpc) is 3.85. The maximum absolute atomic E-state index is 13.9. The summed E-state index contributed by atoms with van der Waals surface area (Å²) in [5.41, 5.74) is 6.47. The van der Waals surface area contributed by atoms with E-state index in [1.807, 2.05) is 85.7 Å². The van der Waals surface area contributed by atoms with Gasteiger partial charge in [-0.05, 0) is 61.8 Å². The molecule has 52 heavy (non-hydrogen) atoms. The van der Waals surface area contributed by atoms with Crippen molar-refractivity contribution in [3.05, 3.63) is 35.9 Å². The molecular formula is C39H64N6O7. The molecule has 1 aromatic rings. The molecule has 0 spiro atoms. The number of esters is 1. The first-order valence-corrected chi connectivity index (χ1v) is 18.9. The first kappa shape index (κ1) is 44.2. The molecule has 2 rings (SSSR count). The Labute approximate surface area is 310 Å². The van der Waals surface area contributed by atoms with Crippen molar-refractivity contribution in [2.45, 2.75) is 143 Å². The zero-order valence-electron chi connectivity index (χ0n) is 32.7. The van der Waals surface area contributed by atoms with Gasteiger partial charge in [0.2, 0.25) is 29.5 Å². The lowest BCUT2D eigenvalue weighted by molar-refractivity contribution is -0.149. The summed E-state index contributed by atoms with van der Waals surface area (Å²) in [5.74, 6) is -2.92. The molecule has 292 valence electrons. The minimum atomic E-state index is -1.07. The van der Waals surface area contributed by atoms with Crippen LogP contribution in [0.3, 0.4) is 0 Å². The third kappa shape index (κ3) is 14.2. The standard InChI is InChI=1S/C39H64N6O7/c1-10-26(9)34(37(50)45-39(17-18-39)38(51)52-11-2)43-32(47)22-28(40)29(21-27-15-13-12-14-16-27)42-36(49)33(25(7)8)44-35(48)30(19-23(3)4)41-31(46)20-24(5)6/h12-16,23-26,28-30,33-34H,10-11,17-22,40H2,1-9H3,(H,41,46)(H,42,49)(H,43,47)(H,44,48)(H,45,50)/t26-,28-,29-,30-,33?,34-/m0/s1. The molecule has 0 heterocycles. The molecule has 1 fully saturated rings. The second-order valence-corrected chi connectivity index (χ2v) is 15.5. The molecule has 0 bridgehead atoms. The van der Waals surface area contributed by atoms with Gasteiger partial charge in [-0.3, -0.25) is 24.0 Å². The largest absolute Gasteiger partial charge is 0.464 e. The first-order valence-electron chi connectivity index (χ1n) is 18.9. The molecule has 13 nitrogen and oxygen atoms in total. The molecule has 0 saturated heterocycles. The lowest BCUT2D eigenvalue weighted by Gasteiger charge is -2.31. The van der Waals surface area contributed by atoms with Crippen LogP contribution in [0.2, 0.25) is 0 Å². The summed E-state index contributed by atoms with van der Waals surface area (Å²) in [6.45, 7) is 17.0. The second-order valence-electron chi connectivity index (χ2n) is 15.5. The van der Waals surface area contributed by atoms with E-state index in [4.69, 9.17) is 10.5 Å². The number of nitrogens with one attached hydrogen (secondary N) is 5. The van der Waals surface area contributed by atoms with Crippen LogP contribution in [0.1, 0.15) is 106 Å². The maximum Gasteiger partial charge on any atom is 0.331 e. The van der Waals surface area contributed by atoms with Gasteiger partial charge in [-0.25, -0.2) is 4.79 Å². The summed E-state index contributed by atoms with van der Waals surface area (Å²) in [5, 5.41) is 14.3. The van der Waals surface area contributed by atoms with E-state index in [-0.39, 0.29) is 49.0 Å². The van der Waals surface area contributed by atoms with Gasteiger partial charge >= 0.3 is 5.97 Å². The monoisotopic (exact) mass is 728 g/mol. The summed E-state index contributed by atoms with van der Waals surface area (Å²) in [7, 11) is 0. The highest BCUT2D eigenvalue weighted by Crippen LogP contribution is 2.37. The van der Waals surface area contributed by atoms with E-state index in [0.717, 1.165) is 5.56 Å². The minimum absolute atomic E-state index is 0.110. The Kier molecular flexibility index (Phi) is 17.7. The Bertz CT molecular complexity index is 1350. The van der Waals surface area contributed by atoms with Gasteiger partial charge in [-0.2, -0.15) is 0 Å². The van der Waals surface area contributed by atoms with E-state index in [0.29, 0.717) is 32.1 Å². The molecule has 0 radical (unpaired) electrons. The van der Waals surface area contributed by atoms with Gasteiger partial charge in [0, 0.05) is 24.9 Å². The summed E-state index contributed by atoms with van der Waals surface area (Å²) in [6.07, 6.45) is 2.29. The molecule has 13 heteroatoms. The van der Waals surface area contributed by atoms with Crippen molar-refractivity contribution in [3.8, 4) is 0 Å². The SMILES string of the molecule is CCOC(=O)C1(NC(=O)[C@@H](NC(=O)C[C@H](N)[C@H](Cc2ccccc2)NC(=O)C(NC(=O)[C@H](CC(C)C)NC(=O)CC(C)C)C(C)C)[C@@H](C)CC)CC1. The predicted octanol–water partition coefficient (Wildman–Crippen LogP) is 2.89.